The lowest BCUT2D eigenvalue weighted by Gasteiger charge is -2.27. The Labute approximate surface area is 164 Å². The monoisotopic (exact) mass is 388 g/mol. The van der Waals surface area contributed by atoms with Crippen LogP contribution < -0.4 is 10.5 Å². The van der Waals surface area contributed by atoms with Crippen LogP contribution in [0.1, 0.15) is 51.5 Å². The highest BCUT2D eigenvalue weighted by molar-refractivity contribution is 5.92. The van der Waals surface area contributed by atoms with E-state index in [1.165, 1.54) is 18.2 Å². The Balaban J connectivity index is 2.46. The average Bonchev–Trinajstić information content (AvgIpc) is 2.66. The second-order valence-electron chi connectivity index (χ2n) is 6.36. The third kappa shape index (κ3) is 4.63. The lowest BCUT2D eigenvalue weighted by atomic mass is 9.83. The molecule has 0 saturated carbocycles. The molecule has 6 nitrogen and oxygen atoms in total. The van der Waals surface area contributed by atoms with Gasteiger partial charge in [0, 0.05) is 0 Å². The van der Waals surface area contributed by atoms with Crippen LogP contribution >= 0.6 is 0 Å². The molecule has 1 heterocycles. The van der Waals surface area contributed by atoms with E-state index < -0.39 is 17.7 Å². The molecule has 0 spiro atoms. The number of ether oxygens (including phenoxy) is 3. The van der Waals surface area contributed by atoms with Gasteiger partial charge in [-0.05, 0) is 38.0 Å². The van der Waals surface area contributed by atoms with E-state index in [0.29, 0.717) is 12.2 Å². The molecule has 2 N–H and O–H groups in total. The molecule has 0 fully saturated rings. The summed E-state index contributed by atoms with van der Waals surface area (Å²) >= 11 is 0. The quantitative estimate of drug-likeness (QED) is 0.533. The fourth-order valence-corrected chi connectivity index (χ4v) is 3.03. The Kier molecular flexibility index (Phi) is 7.44. The molecule has 0 radical (unpaired) electrons. The van der Waals surface area contributed by atoms with Gasteiger partial charge in [-0.1, -0.05) is 25.8 Å². The molecule has 0 aromatic heterocycles. The summed E-state index contributed by atoms with van der Waals surface area (Å²) in [5, 5.41) is 9.59. The third-order valence-corrected chi connectivity index (χ3v) is 4.39. The molecule has 1 aromatic carbocycles. The molecule has 1 aromatic rings. The van der Waals surface area contributed by atoms with Crippen molar-refractivity contribution in [3.8, 4) is 11.8 Å². The number of hydrogen-bond donors (Lipinski definition) is 1. The molecular formula is C21H25FN2O4. The van der Waals surface area contributed by atoms with Crippen molar-refractivity contribution < 1.29 is 23.4 Å². The molecule has 1 atom stereocenters. The van der Waals surface area contributed by atoms with Crippen LogP contribution in [0.15, 0.2) is 41.0 Å². The number of halogens is 1. The predicted octanol–water partition coefficient (Wildman–Crippen LogP) is 4.04. The Morgan fingerprint density at radius 3 is 2.75 bits per heavy atom. The number of carbonyl (C=O) groups is 1. The van der Waals surface area contributed by atoms with Crippen LogP contribution in [0.25, 0.3) is 0 Å². The van der Waals surface area contributed by atoms with E-state index in [1.54, 1.807) is 13.8 Å². The summed E-state index contributed by atoms with van der Waals surface area (Å²) in [6, 6.07) is 6.25. The van der Waals surface area contributed by atoms with Crippen molar-refractivity contribution >= 4 is 5.97 Å². The van der Waals surface area contributed by atoms with E-state index in [-0.39, 0.29) is 35.1 Å². The third-order valence-electron chi connectivity index (χ3n) is 4.39. The number of nitrogens with zero attached hydrogens (tertiary/aromatic N) is 1. The summed E-state index contributed by atoms with van der Waals surface area (Å²) in [5.74, 6) is -1.73. The number of benzene rings is 1. The SMILES string of the molecule is CCCCCOc1cc(C2C(C#N)=C(N)OC(C)=C2C(=O)OCC)ccc1F. The molecule has 0 bridgehead atoms. The molecular weight excluding hydrogens is 363 g/mol. The van der Waals surface area contributed by atoms with Crippen molar-refractivity contribution in [3.63, 3.8) is 0 Å². The summed E-state index contributed by atoms with van der Waals surface area (Å²) in [7, 11) is 0. The first-order chi connectivity index (χ1) is 13.4. The van der Waals surface area contributed by atoms with E-state index in [1.807, 2.05) is 6.07 Å². The molecule has 1 aliphatic rings. The Morgan fingerprint density at radius 2 is 2.11 bits per heavy atom. The maximum atomic E-state index is 14.2. The van der Waals surface area contributed by atoms with Gasteiger partial charge in [0.2, 0.25) is 5.88 Å². The number of unbranched alkanes of at least 4 members (excludes halogenated alkanes) is 2. The zero-order chi connectivity index (χ0) is 20.7. The van der Waals surface area contributed by atoms with Crippen molar-refractivity contribution in [2.45, 2.75) is 46.0 Å². The van der Waals surface area contributed by atoms with E-state index in [2.05, 4.69) is 6.92 Å². The van der Waals surface area contributed by atoms with Crippen molar-refractivity contribution in [1.82, 2.24) is 0 Å². The molecule has 2 rings (SSSR count). The molecule has 0 aliphatic carbocycles. The molecule has 1 unspecified atom stereocenters. The number of nitriles is 1. The van der Waals surface area contributed by atoms with Crippen molar-refractivity contribution in [2.24, 2.45) is 5.73 Å². The highest BCUT2D eigenvalue weighted by Crippen LogP contribution is 2.40. The topological polar surface area (TPSA) is 94.6 Å². The minimum Gasteiger partial charge on any atom is -0.491 e. The van der Waals surface area contributed by atoms with E-state index in [4.69, 9.17) is 19.9 Å². The molecule has 28 heavy (non-hydrogen) atoms. The van der Waals surface area contributed by atoms with Gasteiger partial charge in [-0.2, -0.15) is 5.26 Å². The van der Waals surface area contributed by atoms with Gasteiger partial charge in [0.05, 0.1) is 24.7 Å². The first kappa shape index (κ1) is 21.3. The Hall–Kier alpha value is -3.01. The number of hydrogen-bond acceptors (Lipinski definition) is 6. The van der Waals surface area contributed by atoms with Crippen molar-refractivity contribution in [3.05, 3.63) is 52.4 Å². The maximum absolute atomic E-state index is 14.2. The first-order valence-electron chi connectivity index (χ1n) is 9.32. The molecule has 0 amide bonds. The fraction of sp³-hybridized carbons (Fsp3) is 0.429. The van der Waals surface area contributed by atoms with Crippen LogP contribution in [0.3, 0.4) is 0 Å². The van der Waals surface area contributed by atoms with Gasteiger partial charge < -0.3 is 19.9 Å². The van der Waals surface area contributed by atoms with Crippen molar-refractivity contribution in [1.29, 1.82) is 5.26 Å². The first-order valence-corrected chi connectivity index (χ1v) is 9.32. The van der Waals surface area contributed by atoms with Crippen LogP contribution in [0.5, 0.6) is 5.75 Å². The van der Waals surface area contributed by atoms with Gasteiger partial charge in [-0.25, -0.2) is 9.18 Å². The lowest BCUT2D eigenvalue weighted by Crippen LogP contribution is -2.25. The average molecular weight is 388 g/mol. The van der Waals surface area contributed by atoms with Gasteiger partial charge in [-0.15, -0.1) is 0 Å². The highest BCUT2D eigenvalue weighted by atomic mass is 19.1. The van der Waals surface area contributed by atoms with E-state index in [9.17, 15) is 14.4 Å². The van der Waals surface area contributed by atoms with Gasteiger partial charge in [0.15, 0.2) is 11.6 Å². The molecule has 7 heteroatoms. The second kappa shape index (κ2) is 9.79. The van der Waals surface area contributed by atoms with Crippen LogP contribution in [-0.2, 0) is 14.3 Å². The largest absolute Gasteiger partial charge is 0.491 e. The Bertz CT molecular complexity index is 839. The van der Waals surface area contributed by atoms with Crippen LogP contribution in [0.4, 0.5) is 4.39 Å². The van der Waals surface area contributed by atoms with E-state index >= 15 is 0 Å². The minimum absolute atomic E-state index is 0.0665. The molecule has 0 saturated heterocycles. The van der Waals surface area contributed by atoms with E-state index in [0.717, 1.165) is 19.3 Å². The van der Waals surface area contributed by atoms with Crippen LogP contribution in [-0.4, -0.2) is 19.2 Å². The summed E-state index contributed by atoms with van der Waals surface area (Å²) in [5.41, 5.74) is 6.60. The molecule has 150 valence electrons. The van der Waals surface area contributed by atoms with Gasteiger partial charge in [0.1, 0.15) is 17.4 Å². The predicted molar refractivity (Wildman–Crippen MR) is 101 cm³/mol. The number of allylic oxidation sites excluding steroid dienone is 2. The summed E-state index contributed by atoms with van der Waals surface area (Å²) in [6.45, 7) is 5.87. The van der Waals surface area contributed by atoms with Crippen LogP contribution in [0.2, 0.25) is 0 Å². The minimum atomic E-state index is -0.823. The normalized spacial score (nSPS) is 16.5. The van der Waals surface area contributed by atoms with Gasteiger partial charge >= 0.3 is 5.97 Å². The summed E-state index contributed by atoms with van der Waals surface area (Å²) in [4.78, 5) is 12.5. The van der Waals surface area contributed by atoms with Gasteiger partial charge in [0.25, 0.3) is 0 Å². The fourth-order valence-electron chi connectivity index (χ4n) is 3.03. The van der Waals surface area contributed by atoms with Crippen molar-refractivity contribution in [2.75, 3.05) is 13.2 Å². The number of nitrogens with two attached hydrogens (primary N) is 1. The smallest absolute Gasteiger partial charge is 0.338 e. The number of esters is 1. The maximum Gasteiger partial charge on any atom is 0.338 e. The number of carbonyl (C=O) groups excluding carboxylic acids is 1. The zero-order valence-electron chi connectivity index (χ0n) is 16.4. The summed E-state index contributed by atoms with van der Waals surface area (Å²) < 4.78 is 30.3. The van der Waals surface area contributed by atoms with Gasteiger partial charge in [-0.3, -0.25) is 0 Å². The van der Waals surface area contributed by atoms with Crippen LogP contribution in [0, 0.1) is 17.1 Å². The number of rotatable bonds is 8. The molecule has 1 aliphatic heterocycles. The standard InChI is InChI=1S/C21H25FN2O4/c1-4-6-7-10-27-17-11-14(8-9-16(17)22)19-15(12-23)20(24)28-13(3)18(19)21(25)26-5-2/h8-9,11,19H,4-7,10,24H2,1-3H3. The second-order valence-corrected chi connectivity index (χ2v) is 6.36. The highest BCUT2D eigenvalue weighted by Gasteiger charge is 2.36. The summed E-state index contributed by atoms with van der Waals surface area (Å²) in [6.07, 6.45) is 2.81. The Morgan fingerprint density at radius 1 is 1.36 bits per heavy atom. The lowest BCUT2D eigenvalue weighted by molar-refractivity contribution is -0.139. The zero-order valence-corrected chi connectivity index (χ0v) is 16.4.